The summed E-state index contributed by atoms with van der Waals surface area (Å²) in [5, 5.41) is 11.2. The molecule has 0 atom stereocenters. The van der Waals surface area contributed by atoms with Crippen LogP contribution in [0.2, 0.25) is 0 Å². The predicted octanol–water partition coefficient (Wildman–Crippen LogP) is 2.85. The lowest BCUT2D eigenvalue weighted by molar-refractivity contribution is -0.120. The topological polar surface area (TPSA) is 71.3 Å². The van der Waals surface area contributed by atoms with Crippen molar-refractivity contribution in [1.29, 1.82) is 5.26 Å². The van der Waals surface area contributed by atoms with Crippen LogP contribution in [0, 0.1) is 11.3 Å². The molecule has 0 unspecified atom stereocenters. The van der Waals surface area contributed by atoms with E-state index in [0.717, 1.165) is 12.0 Å². The fourth-order valence-electron chi connectivity index (χ4n) is 2.19. The molecule has 0 bridgehead atoms. The second-order valence-electron chi connectivity index (χ2n) is 5.17. The van der Waals surface area contributed by atoms with Gasteiger partial charge in [-0.2, -0.15) is 5.26 Å². The number of amides is 1. The summed E-state index contributed by atoms with van der Waals surface area (Å²) in [6, 6.07) is 17.4. The average molecular weight is 324 g/mol. The first kappa shape index (κ1) is 17.4. The molecular weight excluding hydrogens is 304 g/mol. The van der Waals surface area contributed by atoms with Crippen LogP contribution in [-0.4, -0.2) is 19.6 Å². The second-order valence-corrected chi connectivity index (χ2v) is 5.17. The van der Waals surface area contributed by atoms with Crippen molar-refractivity contribution < 1.29 is 14.3 Å². The number of benzene rings is 2. The zero-order valence-corrected chi connectivity index (χ0v) is 13.6. The van der Waals surface area contributed by atoms with Crippen molar-refractivity contribution in [2.45, 2.75) is 19.4 Å². The van der Waals surface area contributed by atoms with Crippen molar-refractivity contribution in [2.24, 2.45) is 0 Å². The van der Waals surface area contributed by atoms with Gasteiger partial charge in [0.05, 0.1) is 19.8 Å². The number of methoxy groups -OCH3 is 1. The highest BCUT2D eigenvalue weighted by Crippen LogP contribution is 2.25. The molecule has 0 aromatic heterocycles. The van der Waals surface area contributed by atoms with Gasteiger partial charge in [-0.05, 0) is 17.7 Å². The molecule has 0 saturated heterocycles. The van der Waals surface area contributed by atoms with Crippen molar-refractivity contribution >= 4 is 5.91 Å². The van der Waals surface area contributed by atoms with Crippen LogP contribution in [0.5, 0.6) is 11.5 Å². The van der Waals surface area contributed by atoms with Gasteiger partial charge in [0.2, 0.25) is 5.91 Å². The smallest absolute Gasteiger partial charge is 0.234 e. The monoisotopic (exact) mass is 324 g/mol. The van der Waals surface area contributed by atoms with Gasteiger partial charge in [0.15, 0.2) is 0 Å². The normalized spacial score (nSPS) is 9.83. The quantitative estimate of drug-likeness (QED) is 0.810. The number of hydrogen-bond donors (Lipinski definition) is 1. The molecule has 0 heterocycles. The number of ether oxygens (including phenoxy) is 2. The predicted molar refractivity (Wildman–Crippen MR) is 90.7 cm³/mol. The van der Waals surface area contributed by atoms with Crippen LogP contribution in [0.1, 0.15) is 17.5 Å². The summed E-state index contributed by atoms with van der Waals surface area (Å²) < 4.78 is 11.1. The summed E-state index contributed by atoms with van der Waals surface area (Å²) in [5.41, 5.74) is 2.04. The van der Waals surface area contributed by atoms with E-state index in [-0.39, 0.29) is 12.3 Å². The van der Waals surface area contributed by atoms with Crippen molar-refractivity contribution in [2.75, 3.05) is 13.7 Å². The average Bonchev–Trinajstić information content (AvgIpc) is 2.61. The summed E-state index contributed by atoms with van der Waals surface area (Å²) in [6.07, 6.45) is 0.638. The zero-order chi connectivity index (χ0) is 17.2. The van der Waals surface area contributed by atoms with Crippen LogP contribution in [0.3, 0.4) is 0 Å². The number of carbonyl (C=O) groups is 1. The lowest BCUT2D eigenvalue weighted by Gasteiger charge is -2.13. The lowest BCUT2D eigenvalue weighted by Crippen LogP contribution is -2.22. The molecule has 0 saturated carbocycles. The van der Waals surface area contributed by atoms with Crippen molar-refractivity contribution in [3.63, 3.8) is 0 Å². The van der Waals surface area contributed by atoms with Gasteiger partial charge in [0.25, 0.3) is 0 Å². The fraction of sp³-hybridized carbons (Fsp3) is 0.263. The Bertz CT molecular complexity index is 708. The van der Waals surface area contributed by atoms with Crippen molar-refractivity contribution in [3.05, 3.63) is 59.7 Å². The summed E-state index contributed by atoms with van der Waals surface area (Å²) >= 11 is 0. The van der Waals surface area contributed by atoms with Gasteiger partial charge >= 0.3 is 0 Å². The highest BCUT2D eigenvalue weighted by atomic mass is 16.5. The second kappa shape index (κ2) is 9.21. The maximum atomic E-state index is 11.5. The number of nitrogens with zero attached hydrogens (tertiary/aromatic N) is 1. The molecule has 0 aliphatic heterocycles. The van der Waals surface area contributed by atoms with E-state index in [1.807, 2.05) is 36.4 Å². The van der Waals surface area contributed by atoms with Gasteiger partial charge in [-0.25, -0.2) is 0 Å². The van der Waals surface area contributed by atoms with E-state index in [9.17, 15) is 4.79 Å². The van der Waals surface area contributed by atoms with Gasteiger partial charge < -0.3 is 14.8 Å². The molecule has 1 amide bonds. The molecule has 2 rings (SSSR count). The molecule has 2 aromatic carbocycles. The Morgan fingerprint density at radius 3 is 2.71 bits per heavy atom. The minimum absolute atomic E-state index is 0.152. The highest BCUT2D eigenvalue weighted by Gasteiger charge is 2.08. The zero-order valence-electron chi connectivity index (χ0n) is 13.6. The number of nitriles is 1. The highest BCUT2D eigenvalue weighted by molar-refractivity contribution is 5.78. The molecule has 0 aliphatic carbocycles. The minimum Gasteiger partial charge on any atom is -0.497 e. The third-order valence-corrected chi connectivity index (χ3v) is 3.48. The Morgan fingerprint density at radius 1 is 1.21 bits per heavy atom. The number of nitrogens with one attached hydrogen (secondary N) is 1. The van der Waals surface area contributed by atoms with Gasteiger partial charge in [-0.1, -0.05) is 30.3 Å². The van der Waals surface area contributed by atoms with Crippen LogP contribution < -0.4 is 14.8 Å². The molecule has 2 aromatic rings. The minimum atomic E-state index is -0.302. The molecule has 0 fully saturated rings. The van der Waals surface area contributed by atoms with E-state index in [2.05, 4.69) is 17.4 Å². The summed E-state index contributed by atoms with van der Waals surface area (Å²) in [6.45, 7) is 0.835. The van der Waals surface area contributed by atoms with Crippen LogP contribution in [0.4, 0.5) is 0 Å². The molecule has 1 N–H and O–H groups in total. The standard InChI is InChI=1S/C19H20N2O3/c1-23-17-8-7-16(14-21-19(22)9-11-20)18(13-17)24-12-10-15-5-3-2-4-6-15/h2-8,13H,9-10,12,14H2,1H3,(H,21,22). The molecule has 0 spiro atoms. The van der Waals surface area contributed by atoms with Gasteiger partial charge in [0, 0.05) is 24.6 Å². The number of hydrogen-bond acceptors (Lipinski definition) is 4. The van der Waals surface area contributed by atoms with E-state index in [4.69, 9.17) is 14.7 Å². The van der Waals surface area contributed by atoms with Crippen molar-refractivity contribution in [1.82, 2.24) is 5.32 Å². The van der Waals surface area contributed by atoms with E-state index in [0.29, 0.717) is 24.7 Å². The molecule has 5 nitrogen and oxygen atoms in total. The largest absolute Gasteiger partial charge is 0.497 e. The Labute approximate surface area is 141 Å². The summed E-state index contributed by atoms with van der Waals surface area (Å²) in [5.74, 6) is 1.06. The van der Waals surface area contributed by atoms with E-state index >= 15 is 0 Å². The summed E-state index contributed by atoms with van der Waals surface area (Å²) in [7, 11) is 1.59. The first-order valence-corrected chi connectivity index (χ1v) is 7.70. The van der Waals surface area contributed by atoms with Gasteiger partial charge in [-0.15, -0.1) is 0 Å². The lowest BCUT2D eigenvalue weighted by atomic mass is 10.1. The third-order valence-electron chi connectivity index (χ3n) is 3.48. The number of carbonyl (C=O) groups excluding carboxylic acids is 1. The first-order valence-electron chi connectivity index (χ1n) is 7.70. The van der Waals surface area contributed by atoms with E-state index < -0.39 is 0 Å². The molecule has 5 heteroatoms. The Hall–Kier alpha value is -3.00. The Kier molecular flexibility index (Phi) is 6.66. The van der Waals surface area contributed by atoms with E-state index in [1.165, 1.54) is 5.56 Å². The third kappa shape index (κ3) is 5.33. The summed E-state index contributed by atoms with van der Waals surface area (Å²) in [4.78, 5) is 11.5. The first-order chi connectivity index (χ1) is 11.7. The van der Waals surface area contributed by atoms with Crippen LogP contribution in [0.25, 0.3) is 0 Å². The molecule has 24 heavy (non-hydrogen) atoms. The molecule has 124 valence electrons. The maximum Gasteiger partial charge on any atom is 0.234 e. The van der Waals surface area contributed by atoms with E-state index in [1.54, 1.807) is 13.2 Å². The van der Waals surface area contributed by atoms with Crippen molar-refractivity contribution in [3.8, 4) is 17.6 Å². The molecule has 0 radical (unpaired) electrons. The maximum absolute atomic E-state index is 11.5. The van der Waals surface area contributed by atoms with Gasteiger partial charge in [0.1, 0.15) is 17.9 Å². The Balaban J connectivity index is 2.00. The number of rotatable bonds is 8. The van der Waals surface area contributed by atoms with Crippen LogP contribution >= 0.6 is 0 Å². The van der Waals surface area contributed by atoms with Crippen LogP contribution in [0.15, 0.2) is 48.5 Å². The Morgan fingerprint density at radius 2 is 2.00 bits per heavy atom. The molecule has 0 aliphatic rings. The fourth-order valence-corrected chi connectivity index (χ4v) is 2.19. The van der Waals surface area contributed by atoms with Gasteiger partial charge in [-0.3, -0.25) is 4.79 Å². The van der Waals surface area contributed by atoms with Crippen LogP contribution in [-0.2, 0) is 17.8 Å². The molecular formula is C19H20N2O3. The SMILES string of the molecule is COc1ccc(CNC(=O)CC#N)c(OCCc2ccccc2)c1.